The summed E-state index contributed by atoms with van der Waals surface area (Å²) in [5.74, 6) is 1.74. The van der Waals surface area contributed by atoms with Gasteiger partial charge in [0.25, 0.3) is 0 Å². The molecule has 138 valence electrons. The fourth-order valence-corrected chi connectivity index (χ4v) is 5.18. The van der Waals surface area contributed by atoms with Crippen LogP contribution in [0.1, 0.15) is 52.0 Å². The number of ether oxygens (including phenoxy) is 2. The number of methoxy groups -OCH3 is 2. The molecule has 2 atom stereocenters. The van der Waals surface area contributed by atoms with Crippen molar-refractivity contribution in [1.82, 2.24) is 4.90 Å². The first-order valence-electron chi connectivity index (χ1n) is 9.26. The molecule has 1 heterocycles. The summed E-state index contributed by atoms with van der Waals surface area (Å²) in [5.41, 5.74) is 1.75. The zero-order valence-electron chi connectivity index (χ0n) is 16.2. The van der Waals surface area contributed by atoms with Crippen molar-refractivity contribution in [3.63, 3.8) is 0 Å². The lowest BCUT2D eigenvalue weighted by Crippen LogP contribution is -2.37. The number of hydrogen-bond acceptors (Lipinski definition) is 3. The Kier molecular flexibility index (Phi) is 4.74. The average molecular weight is 345 g/mol. The summed E-state index contributed by atoms with van der Waals surface area (Å²) < 4.78 is 10.6. The third kappa shape index (κ3) is 3.78. The van der Waals surface area contributed by atoms with Crippen molar-refractivity contribution in [1.29, 1.82) is 0 Å². The summed E-state index contributed by atoms with van der Waals surface area (Å²) in [6.45, 7) is 7.96. The van der Waals surface area contributed by atoms with Crippen molar-refractivity contribution in [3.05, 3.63) is 23.8 Å². The Morgan fingerprint density at radius 3 is 2.56 bits per heavy atom. The number of carbonyl (C=O) groups excluding carboxylic acids is 1. The molecule has 2 fully saturated rings. The minimum atomic E-state index is 0.293. The number of amides is 1. The van der Waals surface area contributed by atoms with E-state index in [2.05, 4.69) is 25.7 Å². The van der Waals surface area contributed by atoms with Gasteiger partial charge in [-0.1, -0.05) is 26.8 Å². The largest absolute Gasteiger partial charge is 0.493 e. The Labute approximate surface area is 151 Å². The van der Waals surface area contributed by atoms with E-state index in [9.17, 15) is 4.79 Å². The molecular weight excluding hydrogens is 314 g/mol. The third-order valence-electron chi connectivity index (χ3n) is 5.81. The minimum Gasteiger partial charge on any atom is -0.493 e. The normalized spacial score (nSPS) is 27.2. The van der Waals surface area contributed by atoms with E-state index < -0.39 is 0 Å². The van der Waals surface area contributed by atoms with E-state index in [1.165, 1.54) is 12.8 Å². The summed E-state index contributed by atoms with van der Waals surface area (Å²) in [6, 6.07) is 6.32. The molecule has 4 nitrogen and oxygen atoms in total. The van der Waals surface area contributed by atoms with E-state index in [0.717, 1.165) is 36.4 Å². The molecule has 1 aromatic rings. The van der Waals surface area contributed by atoms with E-state index in [4.69, 9.17) is 9.47 Å². The summed E-state index contributed by atoms with van der Waals surface area (Å²) in [4.78, 5) is 15.0. The second-order valence-electron chi connectivity index (χ2n) is 8.92. The summed E-state index contributed by atoms with van der Waals surface area (Å²) in [7, 11) is 3.27. The number of fused-ring (bicyclic) bond motifs is 2. The van der Waals surface area contributed by atoms with Crippen LogP contribution in [0.5, 0.6) is 11.5 Å². The Bertz CT molecular complexity index is 655. The molecule has 1 saturated heterocycles. The van der Waals surface area contributed by atoms with Gasteiger partial charge in [-0.25, -0.2) is 0 Å². The standard InChI is InChI=1S/C21H31NO3/c1-20(2)11-16-12-21(3,13-20)14-22(16)19(23)9-7-15-6-8-17(24-4)18(10-15)25-5/h6,8,10,16H,7,9,11-14H2,1-5H3. The summed E-state index contributed by atoms with van der Waals surface area (Å²) in [5, 5.41) is 0. The SMILES string of the molecule is COc1ccc(CCC(=O)N2CC3(C)CC2CC(C)(C)C3)cc1OC. The van der Waals surface area contributed by atoms with E-state index in [1.807, 2.05) is 18.2 Å². The van der Waals surface area contributed by atoms with Gasteiger partial charge in [-0.15, -0.1) is 0 Å². The summed E-state index contributed by atoms with van der Waals surface area (Å²) in [6.07, 6.45) is 4.81. The van der Waals surface area contributed by atoms with Crippen LogP contribution in [0.15, 0.2) is 18.2 Å². The Morgan fingerprint density at radius 2 is 1.88 bits per heavy atom. The molecule has 2 unspecified atom stereocenters. The Morgan fingerprint density at radius 1 is 1.16 bits per heavy atom. The van der Waals surface area contributed by atoms with Gasteiger partial charge in [-0.3, -0.25) is 4.79 Å². The van der Waals surface area contributed by atoms with Gasteiger partial charge >= 0.3 is 0 Å². The van der Waals surface area contributed by atoms with E-state index in [0.29, 0.717) is 29.2 Å². The van der Waals surface area contributed by atoms with Crippen molar-refractivity contribution < 1.29 is 14.3 Å². The van der Waals surface area contributed by atoms with Gasteiger partial charge in [0.1, 0.15) is 0 Å². The first-order valence-corrected chi connectivity index (χ1v) is 9.26. The molecule has 0 N–H and O–H groups in total. The van der Waals surface area contributed by atoms with Crippen LogP contribution in [-0.2, 0) is 11.2 Å². The van der Waals surface area contributed by atoms with E-state index >= 15 is 0 Å². The lowest BCUT2D eigenvalue weighted by Gasteiger charge is -2.39. The van der Waals surface area contributed by atoms with Crippen LogP contribution < -0.4 is 9.47 Å². The number of rotatable bonds is 5. The molecule has 0 aromatic heterocycles. The minimum absolute atomic E-state index is 0.293. The lowest BCUT2D eigenvalue weighted by atomic mass is 9.65. The van der Waals surface area contributed by atoms with Crippen molar-refractivity contribution in [2.45, 2.75) is 58.9 Å². The van der Waals surface area contributed by atoms with Crippen LogP contribution in [0.4, 0.5) is 0 Å². The van der Waals surface area contributed by atoms with Gasteiger partial charge in [0.2, 0.25) is 5.91 Å². The van der Waals surface area contributed by atoms with Crippen LogP contribution in [-0.4, -0.2) is 37.6 Å². The molecule has 0 spiro atoms. The van der Waals surface area contributed by atoms with Crippen molar-refractivity contribution >= 4 is 5.91 Å². The van der Waals surface area contributed by atoms with Crippen LogP contribution in [0.2, 0.25) is 0 Å². The second kappa shape index (κ2) is 6.54. The van der Waals surface area contributed by atoms with Crippen LogP contribution in [0, 0.1) is 10.8 Å². The molecule has 1 amide bonds. The number of hydrogen-bond donors (Lipinski definition) is 0. The Hall–Kier alpha value is -1.71. The molecule has 1 aliphatic carbocycles. The maximum absolute atomic E-state index is 12.9. The molecule has 2 aliphatic rings. The van der Waals surface area contributed by atoms with Crippen LogP contribution in [0.25, 0.3) is 0 Å². The number of benzene rings is 1. The van der Waals surface area contributed by atoms with Crippen LogP contribution >= 0.6 is 0 Å². The molecule has 0 radical (unpaired) electrons. The highest BCUT2D eigenvalue weighted by atomic mass is 16.5. The zero-order chi connectivity index (χ0) is 18.2. The number of likely N-dealkylation sites (tertiary alicyclic amines) is 1. The van der Waals surface area contributed by atoms with Gasteiger partial charge in [0, 0.05) is 19.0 Å². The number of carbonyl (C=O) groups is 1. The molecule has 25 heavy (non-hydrogen) atoms. The highest BCUT2D eigenvalue weighted by Crippen LogP contribution is 2.52. The Balaban J connectivity index is 1.64. The smallest absolute Gasteiger partial charge is 0.223 e. The molecule has 1 aromatic carbocycles. The van der Waals surface area contributed by atoms with Gasteiger partial charge in [0.05, 0.1) is 14.2 Å². The quantitative estimate of drug-likeness (QED) is 0.808. The number of nitrogens with zero attached hydrogens (tertiary/aromatic N) is 1. The average Bonchev–Trinajstić information content (AvgIpc) is 2.81. The zero-order valence-corrected chi connectivity index (χ0v) is 16.2. The first kappa shape index (κ1) is 18.1. The first-order chi connectivity index (χ1) is 11.8. The predicted octanol–water partition coefficient (Wildman–Crippen LogP) is 4.06. The maximum atomic E-state index is 12.9. The van der Waals surface area contributed by atoms with Gasteiger partial charge in [-0.05, 0) is 54.2 Å². The van der Waals surface area contributed by atoms with Crippen LogP contribution in [0.3, 0.4) is 0 Å². The molecule has 1 aliphatic heterocycles. The summed E-state index contributed by atoms with van der Waals surface area (Å²) >= 11 is 0. The van der Waals surface area contributed by atoms with Crippen molar-refractivity contribution in [2.75, 3.05) is 20.8 Å². The van der Waals surface area contributed by atoms with Gasteiger partial charge < -0.3 is 14.4 Å². The topological polar surface area (TPSA) is 38.8 Å². The fraction of sp³-hybridized carbons (Fsp3) is 0.667. The second-order valence-corrected chi connectivity index (χ2v) is 8.92. The molecular formula is C21H31NO3. The number of aryl methyl sites for hydroxylation is 1. The fourth-order valence-electron chi connectivity index (χ4n) is 5.18. The third-order valence-corrected chi connectivity index (χ3v) is 5.81. The van der Waals surface area contributed by atoms with Gasteiger partial charge in [-0.2, -0.15) is 0 Å². The molecule has 2 bridgehead atoms. The van der Waals surface area contributed by atoms with E-state index in [-0.39, 0.29) is 0 Å². The molecule has 3 rings (SSSR count). The van der Waals surface area contributed by atoms with Crippen molar-refractivity contribution in [3.8, 4) is 11.5 Å². The monoisotopic (exact) mass is 345 g/mol. The lowest BCUT2D eigenvalue weighted by molar-refractivity contribution is -0.132. The maximum Gasteiger partial charge on any atom is 0.223 e. The highest BCUT2D eigenvalue weighted by Gasteiger charge is 2.50. The van der Waals surface area contributed by atoms with Gasteiger partial charge in [0.15, 0.2) is 11.5 Å². The predicted molar refractivity (Wildman–Crippen MR) is 99.1 cm³/mol. The molecule has 4 heteroatoms. The van der Waals surface area contributed by atoms with E-state index in [1.54, 1.807) is 14.2 Å². The highest BCUT2D eigenvalue weighted by molar-refractivity contribution is 5.77. The molecule has 1 saturated carbocycles. The van der Waals surface area contributed by atoms with Crippen molar-refractivity contribution in [2.24, 2.45) is 10.8 Å².